The molecule has 5 heteroatoms. The van der Waals surface area contributed by atoms with Crippen molar-refractivity contribution in [2.24, 2.45) is 0 Å². The Hall–Kier alpha value is -1.36. The minimum atomic E-state index is -0.317. The molecule has 0 aliphatic heterocycles. The summed E-state index contributed by atoms with van der Waals surface area (Å²) in [5.74, 6) is 0.273. The van der Waals surface area contributed by atoms with Crippen molar-refractivity contribution in [3.05, 3.63) is 17.5 Å². The first-order chi connectivity index (χ1) is 6.67. The van der Waals surface area contributed by atoms with E-state index in [2.05, 4.69) is 10.5 Å². The normalized spacial score (nSPS) is 12.5. The maximum atomic E-state index is 11.4. The van der Waals surface area contributed by atoms with Crippen LogP contribution in [-0.2, 0) is 0 Å². The molecule has 1 amide bonds. The highest BCUT2D eigenvalue weighted by molar-refractivity contribution is 5.92. The topological polar surface area (TPSA) is 75.4 Å². The standard InChI is InChI=1S/C9H14N2O3/c1-3-7(5-12)10-9(13)8-4-6(2)14-11-8/h4,7,12H,3,5H2,1-2H3,(H,10,13). The molecular formula is C9H14N2O3. The summed E-state index contributed by atoms with van der Waals surface area (Å²) < 4.78 is 4.76. The van der Waals surface area contributed by atoms with E-state index in [4.69, 9.17) is 9.63 Å². The van der Waals surface area contributed by atoms with Gasteiger partial charge in [0.1, 0.15) is 5.76 Å². The molecule has 0 radical (unpaired) electrons. The van der Waals surface area contributed by atoms with Crippen LogP contribution in [0.4, 0.5) is 0 Å². The van der Waals surface area contributed by atoms with Crippen molar-refractivity contribution in [2.75, 3.05) is 6.61 Å². The van der Waals surface area contributed by atoms with Crippen molar-refractivity contribution in [3.63, 3.8) is 0 Å². The van der Waals surface area contributed by atoms with E-state index in [1.807, 2.05) is 6.92 Å². The molecule has 0 aliphatic rings. The van der Waals surface area contributed by atoms with E-state index in [9.17, 15) is 4.79 Å². The molecule has 2 N–H and O–H groups in total. The van der Waals surface area contributed by atoms with Crippen LogP contribution in [0.3, 0.4) is 0 Å². The van der Waals surface area contributed by atoms with Crippen LogP contribution in [0, 0.1) is 6.92 Å². The fraction of sp³-hybridized carbons (Fsp3) is 0.556. The molecule has 0 fully saturated rings. The number of nitrogens with zero attached hydrogens (tertiary/aromatic N) is 1. The van der Waals surface area contributed by atoms with Gasteiger partial charge in [-0.3, -0.25) is 4.79 Å². The molecule has 1 rings (SSSR count). The quantitative estimate of drug-likeness (QED) is 0.738. The number of hydrogen-bond donors (Lipinski definition) is 2. The SMILES string of the molecule is CCC(CO)NC(=O)c1cc(C)on1. The van der Waals surface area contributed by atoms with Crippen LogP contribution in [0.1, 0.15) is 29.6 Å². The predicted molar refractivity (Wildman–Crippen MR) is 49.9 cm³/mol. The van der Waals surface area contributed by atoms with Crippen LogP contribution in [0.15, 0.2) is 10.6 Å². The largest absolute Gasteiger partial charge is 0.394 e. The smallest absolute Gasteiger partial charge is 0.273 e. The second kappa shape index (κ2) is 4.76. The Kier molecular flexibility index (Phi) is 3.64. The fourth-order valence-corrected chi connectivity index (χ4v) is 1.01. The van der Waals surface area contributed by atoms with E-state index in [0.29, 0.717) is 12.2 Å². The van der Waals surface area contributed by atoms with Gasteiger partial charge in [-0.2, -0.15) is 0 Å². The molecule has 14 heavy (non-hydrogen) atoms. The van der Waals surface area contributed by atoms with Gasteiger partial charge in [0.25, 0.3) is 5.91 Å². The third-order valence-electron chi connectivity index (χ3n) is 1.91. The molecule has 1 aromatic rings. The number of aromatic nitrogens is 1. The third-order valence-corrected chi connectivity index (χ3v) is 1.91. The van der Waals surface area contributed by atoms with Gasteiger partial charge in [0, 0.05) is 6.07 Å². The summed E-state index contributed by atoms with van der Waals surface area (Å²) in [5.41, 5.74) is 0.245. The summed E-state index contributed by atoms with van der Waals surface area (Å²) in [6.45, 7) is 3.53. The molecule has 1 atom stereocenters. The lowest BCUT2D eigenvalue weighted by atomic mass is 10.2. The zero-order valence-electron chi connectivity index (χ0n) is 8.28. The Morgan fingerprint density at radius 2 is 2.50 bits per heavy atom. The number of carbonyl (C=O) groups excluding carboxylic acids is 1. The van der Waals surface area contributed by atoms with Gasteiger partial charge in [0.05, 0.1) is 12.6 Å². The summed E-state index contributed by atoms with van der Waals surface area (Å²) in [7, 11) is 0. The molecule has 1 aromatic heterocycles. The number of aliphatic hydroxyl groups excluding tert-OH is 1. The van der Waals surface area contributed by atoms with E-state index < -0.39 is 0 Å². The first-order valence-corrected chi connectivity index (χ1v) is 4.52. The van der Waals surface area contributed by atoms with Gasteiger partial charge in [-0.25, -0.2) is 0 Å². The Morgan fingerprint density at radius 1 is 1.79 bits per heavy atom. The molecule has 0 saturated carbocycles. The maximum Gasteiger partial charge on any atom is 0.273 e. The van der Waals surface area contributed by atoms with Crippen molar-refractivity contribution < 1.29 is 14.4 Å². The second-order valence-electron chi connectivity index (χ2n) is 3.08. The van der Waals surface area contributed by atoms with Gasteiger partial charge in [-0.05, 0) is 13.3 Å². The monoisotopic (exact) mass is 198 g/mol. The fourth-order valence-electron chi connectivity index (χ4n) is 1.01. The number of hydrogen-bond acceptors (Lipinski definition) is 4. The van der Waals surface area contributed by atoms with Gasteiger partial charge in [0.2, 0.25) is 0 Å². The first-order valence-electron chi connectivity index (χ1n) is 4.52. The number of carbonyl (C=O) groups is 1. The predicted octanol–water partition coefficient (Wildman–Crippen LogP) is 0.484. The first kappa shape index (κ1) is 10.7. The number of amides is 1. The van der Waals surface area contributed by atoms with E-state index >= 15 is 0 Å². The molecule has 0 saturated heterocycles. The summed E-state index contributed by atoms with van der Waals surface area (Å²) in [5, 5.41) is 15.1. The van der Waals surface area contributed by atoms with Crippen LogP contribution in [0.2, 0.25) is 0 Å². The molecule has 1 unspecified atom stereocenters. The van der Waals surface area contributed by atoms with Crippen molar-refractivity contribution >= 4 is 5.91 Å². The molecule has 1 heterocycles. The maximum absolute atomic E-state index is 11.4. The summed E-state index contributed by atoms with van der Waals surface area (Å²) in [6.07, 6.45) is 0.680. The summed E-state index contributed by atoms with van der Waals surface area (Å²) >= 11 is 0. The van der Waals surface area contributed by atoms with Crippen LogP contribution in [0.25, 0.3) is 0 Å². The van der Waals surface area contributed by atoms with Crippen LogP contribution in [-0.4, -0.2) is 28.8 Å². The Morgan fingerprint density at radius 3 is 2.93 bits per heavy atom. The van der Waals surface area contributed by atoms with Crippen molar-refractivity contribution in [2.45, 2.75) is 26.3 Å². The molecule has 0 aliphatic carbocycles. The highest BCUT2D eigenvalue weighted by atomic mass is 16.5. The van der Waals surface area contributed by atoms with E-state index in [1.54, 1.807) is 13.0 Å². The van der Waals surface area contributed by atoms with Crippen molar-refractivity contribution in [1.82, 2.24) is 10.5 Å². The van der Waals surface area contributed by atoms with Crippen molar-refractivity contribution in [3.8, 4) is 0 Å². The lowest BCUT2D eigenvalue weighted by Gasteiger charge is -2.11. The highest BCUT2D eigenvalue weighted by Gasteiger charge is 2.14. The number of aryl methyl sites for hydroxylation is 1. The van der Waals surface area contributed by atoms with Gasteiger partial charge in [-0.15, -0.1) is 0 Å². The molecule has 0 bridgehead atoms. The number of aliphatic hydroxyl groups is 1. The Labute approximate surface area is 82.1 Å². The average Bonchev–Trinajstić information content (AvgIpc) is 2.61. The Bertz CT molecular complexity index is 305. The third kappa shape index (κ3) is 2.56. The summed E-state index contributed by atoms with van der Waals surface area (Å²) in [6, 6.07) is 1.33. The minimum absolute atomic E-state index is 0.0704. The average molecular weight is 198 g/mol. The van der Waals surface area contributed by atoms with E-state index in [1.165, 1.54) is 0 Å². The number of nitrogens with one attached hydrogen (secondary N) is 1. The molecule has 0 aromatic carbocycles. The van der Waals surface area contributed by atoms with Gasteiger partial charge in [0.15, 0.2) is 5.69 Å². The van der Waals surface area contributed by atoms with Gasteiger partial charge in [-0.1, -0.05) is 12.1 Å². The lowest BCUT2D eigenvalue weighted by Crippen LogP contribution is -2.37. The lowest BCUT2D eigenvalue weighted by molar-refractivity contribution is 0.0905. The van der Waals surface area contributed by atoms with Gasteiger partial charge >= 0.3 is 0 Å². The van der Waals surface area contributed by atoms with Crippen molar-refractivity contribution in [1.29, 1.82) is 0 Å². The van der Waals surface area contributed by atoms with E-state index in [0.717, 1.165) is 0 Å². The molecular weight excluding hydrogens is 184 g/mol. The molecule has 78 valence electrons. The van der Waals surface area contributed by atoms with Crippen LogP contribution >= 0.6 is 0 Å². The summed E-state index contributed by atoms with van der Waals surface area (Å²) in [4.78, 5) is 11.4. The Balaban J connectivity index is 2.58. The zero-order chi connectivity index (χ0) is 10.6. The zero-order valence-corrected chi connectivity index (χ0v) is 8.28. The second-order valence-corrected chi connectivity index (χ2v) is 3.08. The van der Waals surface area contributed by atoms with Gasteiger partial charge < -0.3 is 14.9 Å². The van der Waals surface area contributed by atoms with Crippen LogP contribution in [0.5, 0.6) is 0 Å². The highest BCUT2D eigenvalue weighted by Crippen LogP contribution is 2.02. The number of rotatable bonds is 4. The molecule has 5 nitrogen and oxygen atoms in total. The minimum Gasteiger partial charge on any atom is -0.394 e. The molecule has 0 spiro atoms. The van der Waals surface area contributed by atoms with Crippen LogP contribution < -0.4 is 5.32 Å². The van der Waals surface area contributed by atoms with E-state index in [-0.39, 0.29) is 24.2 Å².